The number of nitrogens with zero attached hydrogens (tertiary/aromatic N) is 2. The van der Waals surface area contributed by atoms with Gasteiger partial charge in [0.15, 0.2) is 11.5 Å². The van der Waals surface area contributed by atoms with Gasteiger partial charge in [0.25, 0.3) is 0 Å². The van der Waals surface area contributed by atoms with Crippen molar-refractivity contribution in [3.8, 4) is 22.9 Å². The number of hydrogen-bond donors (Lipinski definition) is 1. The fourth-order valence-electron chi connectivity index (χ4n) is 2.36. The molecule has 6 heteroatoms. The van der Waals surface area contributed by atoms with Crippen LogP contribution in [0.5, 0.6) is 11.5 Å². The molecule has 1 aliphatic heterocycles. The Kier molecular flexibility index (Phi) is 3.56. The first kappa shape index (κ1) is 12.9. The maximum Gasteiger partial charge on any atom is 0.244 e. The Morgan fingerprint density at radius 1 is 1.25 bits per heavy atom. The van der Waals surface area contributed by atoms with Crippen molar-refractivity contribution >= 4 is 0 Å². The first-order chi connectivity index (χ1) is 9.81. The van der Waals surface area contributed by atoms with Gasteiger partial charge in [0.1, 0.15) is 0 Å². The van der Waals surface area contributed by atoms with Gasteiger partial charge in [-0.15, -0.1) is 0 Å². The zero-order chi connectivity index (χ0) is 13.9. The number of ether oxygens (including phenoxy) is 2. The smallest absolute Gasteiger partial charge is 0.244 e. The van der Waals surface area contributed by atoms with Crippen molar-refractivity contribution in [1.82, 2.24) is 15.5 Å². The molecule has 1 unspecified atom stereocenters. The van der Waals surface area contributed by atoms with Gasteiger partial charge >= 0.3 is 0 Å². The fourth-order valence-corrected chi connectivity index (χ4v) is 2.36. The molecule has 20 heavy (non-hydrogen) atoms. The molecule has 1 saturated heterocycles. The molecule has 3 rings (SSSR count). The Bertz CT molecular complexity index is 591. The van der Waals surface area contributed by atoms with Crippen LogP contribution in [0.3, 0.4) is 0 Å². The van der Waals surface area contributed by atoms with Gasteiger partial charge in [-0.3, -0.25) is 0 Å². The van der Waals surface area contributed by atoms with Gasteiger partial charge in [0.2, 0.25) is 11.7 Å². The lowest BCUT2D eigenvalue weighted by atomic mass is 10.2. The number of aromatic nitrogens is 2. The molecule has 1 aromatic carbocycles. The predicted octanol–water partition coefficient (Wildman–Crippen LogP) is 2.18. The molecule has 1 fully saturated rings. The van der Waals surface area contributed by atoms with Crippen LogP contribution in [0.4, 0.5) is 0 Å². The summed E-state index contributed by atoms with van der Waals surface area (Å²) in [6.07, 6.45) is 2.17. The lowest BCUT2D eigenvalue weighted by Crippen LogP contribution is -2.12. The molecule has 0 aliphatic carbocycles. The van der Waals surface area contributed by atoms with Crippen LogP contribution in [0.2, 0.25) is 0 Å². The second-order valence-electron chi connectivity index (χ2n) is 4.67. The van der Waals surface area contributed by atoms with Crippen LogP contribution in [0, 0.1) is 0 Å². The minimum atomic E-state index is 0.177. The maximum atomic E-state index is 5.34. The van der Waals surface area contributed by atoms with E-state index in [1.807, 2.05) is 18.2 Å². The van der Waals surface area contributed by atoms with Crippen molar-refractivity contribution in [3.63, 3.8) is 0 Å². The number of methoxy groups -OCH3 is 2. The van der Waals surface area contributed by atoms with Crippen LogP contribution in [-0.2, 0) is 0 Å². The maximum absolute atomic E-state index is 5.34. The molecule has 106 valence electrons. The van der Waals surface area contributed by atoms with Gasteiger partial charge in [0.05, 0.1) is 20.3 Å². The molecule has 0 amide bonds. The highest BCUT2D eigenvalue weighted by Gasteiger charge is 2.22. The van der Waals surface area contributed by atoms with Crippen LogP contribution in [-0.4, -0.2) is 30.9 Å². The summed E-state index contributed by atoms with van der Waals surface area (Å²) in [5, 5.41) is 7.38. The zero-order valence-corrected chi connectivity index (χ0v) is 11.5. The van der Waals surface area contributed by atoms with Crippen molar-refractivity contribution in [2.75, 3.05) is 20.8 Å². The van der Waals surface area contributed by atoms with Crippen LogP contribution in [0.1, 0.15) is 24.8 Å². The molecular formula is C14H17N3O3. The summed E-state index contributed by atoms with van der Waals surface area (Å²) in [7, 11) is 3.21. The fraction of sp³-hybridized carbons (Fsp3) is 0.429. The van der Waals surface area contributed by atoms with E-state index >= 15 is 0 Å². The number of benzene rings is 1. The lowest BCUT2D eigenvalue weighted by Gasteiger charge is -2.07. The van der Waals surface area contributed by atoms with Crippen molar-refractivity contribution in [2.24, 2.45) is 0 Å². The highest BCUT2D eigenvalue weighted by Crippen LogP contribution is 2.32. The molecule has 2 heterocycles. The molecule has 2 aromatic rings. The molecule has 1 aromatic heterocycles. The first-order valence-electron chi connectivity index (χ1n) is 6.61. The summed E-state index contributed by atoms with van der Waals surface area (Å²) in [4.78, 5) is 4.46. The monoisotopic (exact) mass is 275 g/mol. The predicted molar refractivity (Wildman–Crippen MR) is 72.8 cm³/mol. The van der Waals surface area contributed by atoms with E-state index in [-0.39, 0.29) is 6.04 Å². The summed E-state index contributed by atoms with van der Waals surface area (Å²) in [5.41, 5.74) is 0.843. The molecule has 1 aliphatic rings. The summed E-state index contributed by atoms with van der Waals surface area (Å²) in [5.74, 6) is 2.54. The third-order valence-electron chi connectivity index (χ3n) is 3.44. The zero-order valence-electron chi connectivity index (χ0n) is 11.5. The Morgan fingerprint density at radius 3 is 2.80 bits per heavy atom. The molecule has 0 saturated carbocycles. The van der Waals surface area contributed by atoms with Crippen molar-refractivity contribution in [2.45, 2.75) is 18.9 Å². The van der Waals surface area contributed by atoms with E-state index < -0.39 is 0 Å². The molecule has 1 N–H and O–H groups in total. The molecule has 1 atom stereocenters. The second kappa shape index (κ2) is 5.50. The molecule has 0 spiro atoms. The van der Waals surface area contributed by atoms with Gasteiger partial charge in [-0.2, -0.15) is 4.98 Å². The van der Waals surface area contributed by atoms with Gasteiger partial charge in [0, 0.05) is 5.56 Å². The standard InChI is InChI=1S/C14H17N3O3/c1-18-11-6-5-9(8-12(11)19-2)13-16-14(20-17-13)10-4-3-7-15-10/h5-6,8,10,15H,3-4,7H2,1-2H3. The highest BCUT2D eigenvalue weighted by molar-refractivity contribution is 5.60. The average Bonchev–Trinajstić information content (AvgIpc) is 3.16. The Morgan fingerprint density at radius 2 is 2.10 bits per heavy atom. The molecule has 0 radical (unpaired) electrons. The number of rotatable bonds is 4. The Balaban J connectivity index is 1.88. The first-order valence-corrected chi connectivity index (χ1v) is 6.61. The largest absolute Gasteiger partial charge is 0.493 e. The van der Waals surface area contributed by atoms with E-state index in [4.69, 9.17) is 14.0 Å². The summed E-state index contributed by atoms with van der Waals surface area (Å²) in [6, 6.07) is 5.74. The lowest BCUT2D eigenvalue weighted by molar-refractivity contribution is 0.344. The van der Waals surface area contributed by atoms with Gasteiger partial charge < -0.3 is 19.3 Å². The molecule has 0 bridgehead atoms. The van der Waals surface area contributed by atoms with Crippen molar-refractivity contribution < 1.29 is 14.0 Å². The minimum absolute atomic E-state index is 0.177. The van der Waals surface area contributed by atoms with Gasteiger partial charge in [-0.05, 0) is 37.6 Å². The van der Waals surface area contributed by atoms with E-state index in [0.717, 1.165) is 24.9 Å². The van der Waals surface area contributed by atoms with Crippen LogP contribution < -0.4 is 14.8 Å². The third-order valence-corrected chi connectivity index (χ3v) is 3.44. The molecular weight excluding hydrogens is 258 g/mol. The average molecular weight is 275 g/mol. The third kappa shape index (κ3) is 2.34. The van der Waals surface area contributed by atoms with Crippen LogP contribution in [0.15, 0.2) is 22.7 Å². The minimum Gasteiger partial charge on any atom is -0.493 e. The summed E-state index contributed by atoms with van der Waals surface area (Å²) in [6.45, 7) is 0.999. The number of nitrogens with one attached hydrogen (secondary N) is 1. The Labute approximate surface area is 117 Å². The summed E-state index contributed by atoms with van der Waals surface area (Å²) < 4.78 is 15.8. The van der Waals surface area contributed by atoms with Gasteiger partial charge in [-0.1, -0.05) is 5.16 Å². The second-order valence-corrected chi connectivity index (χ2v) is 4.67. The van der Waals surface area contributed by atoms with E-state index in [0.29, 0.717) is 23.2 Å². The van der Waals surface area contributed by atoms with E-state index in [1.165, 1.54) is 0 Å². The van der Waals surface area contributed by atoms with Crippen molar-refractivity contribution in [1.29, 1.82) is 0 Å². The Hall–Kier alpha value is -2.08. The molecule has 6 nitrogen and oxygen atoms in total. The van der Waals surface area contributed by atoms with E-state index in [2.05, 4.69) is 15.5 Å². The normalized spacial score (nSPS) is 18.2. The van der Waals surface area contributed by atoms with Crippen molar-refractivity contribution in [3.05, 3.63) is 24.1 Å². The van der Waals surface area contributed by atoms with E-state index in [1.54, 1.807) is 14.2 Å². The quantitative estimate of drug-likeness (QED) is 0.922. The SMILES string of the molecule is COc1ccc(-c2noc(C3CCCN3)n2)cc1OC. The summed E-state index contributed by atoms with van der Waals surface area (Å²) >= 11 is 0. The highest BCUT2D eigenvalue weighted by atomic mass is 16.5. The van der Waals surface area contributed by atoms with E-state index in [9.17, 15) is 0 Å². The van der Waals surface area contributed by atoms with Crippen LogP contribution in [0.25, 0.3) is 11.4 Å². The topological polar surface area (TPSA) is 69.4 Å². The van der Waals surface area contributed by atoms with Gasteiger partial charge in [-0.25, -0.2) is 0 Å². The van der Waals surface area contributed by atoms with Crippen LogP contribution >= 0.6 is 0 Å². The number of hydrogen-bond acceptors (Lipinski definition) is 6.